The molecule has 0 radical (unpaired) electrons. The molecule has 1 heterocycles. The summed E-state index contributed by atoms with van der Waals surface area (Å²) >= 11 is 0. The molecular weight excluding hydrogens is 676 g/mol. The summed E-state index contributed by atoms with van der Waals surface area (Å²) in [5, 5.41) is 98.8. The lowest BCUT2D eigenvalue weighted by Gasteiger charge is -2.39. The predicted octanol–water partition coefficient (Wildman–Crippen LogP) is -3.21. The van der Waals surface area contributed by atoms with Crippen LogP contribution >= 0.6 is 0 Å². The van der Waals surface area contributed by atoms with Gasteiger partial charge in [0.25, 0.3) is 0 Å². The van der Waals surface area contributed by atoms with Gasteiger partial charge in [0.1, 0.15) is 30.5 Å². The number of hydrogen-bond acceptors (Lipinski definition) is 19. The average molecular weight is 745 g/mol. The Labute approximate surface area is 295 Å². The maximum absolute atomic E-state index is 9.43. The number of aliphatic hydroxyl groups is 11. The number of aliphatic hydroxyl groups excluding tert-OH is 11. The number of rotatable bonds is 22. The maximum Gasteiger partial charge on any atom is 0.186 e. The van der Waals surface area contributed by atoms with Gasteiger partial charge in [-0.15, -0.1) is 0 Å². The summed E-state index contributed by atoms with van der Waals surface area (Å²) in [4.78, 5) is 0. The Morgan fingerprint density at radius 3 is 1.36 bits per heavy atom. The molecule has 0 aromatic rings. The lowest BCUT2D eigenvalue weighted by molar-refractivity contribution is -0.290. The molecule has 0 saturated carbocycles. The Morgan fingerprint density at radius 2 is 1.02 bits per heavy atom. The summed E-state index contributed by atoms with van der Waals surface area (Å²) in [6, 6.07) is 0. The van der Waals surface area contributed by atoms with E-state index in [1.165, 1.54) is 28.4 Å². The summed E-state index contributed by atoms with van der Waals surface area (Å²) in [5.74, 6) is 0. The highest BCUT2D eigenvalue weighted by Crippen LogP contribution is 2.23. The van der Waals surface area contributed by atoms with Crippen LogP contribution in [-0.2, 0) is 37.9 Å². The Hall–Kier alpha value is -0.760. The van der Waals surface area contributed by atoms with Crippen molar-refractivity contribution in [1.29, 1.82) is 0 Å². The van der Waals surface area contributed by atoms with E-state index >= 15 is 0 Å². The molecule has 1 saturated heterocycles. The molecule has 0 aliphatic carbocycles. The van der Waals surface area contributed by atoms with E-state index in [-0.39, 0.29) is 45.2 Å². The van der Waals surface area contributed by atoms with Crippen LogP contribution in [0.1, 0.15) is 53.4 Å². The smallest absolute Gasteiger partial charge is 0.186 e. The highest BCUT2D eigenvalue weighted by atomic mass is 16.7. The summed E-state index contributed by atoms with van der Waals surface area (Å²) in [5.41, 5.74) is 0. The summed E-state index contributed by atoms with van der Waals surface area (Å²) < 4.78 is 39.8. The minimum Gasteiger partial charge on any atom is -0.394 e. The Bertz CT molecular complexity index is 631. The highest BCUT2D eigenvalue weighted by molar-refractivity contribution is 4.88. The van der Waals surface area contributed by atoms with Crippen molar-refractivity contribution in [1.82, 2.24) is 0 Å². The Morgan fingerprint density at radius 1 is 0.540 bits per heavy atom. The quantitative estimate of drug-likeness (QED) is 0.0486. The van der Waals surface area contributed by atoms with E-state index in [0.717, 1.165) is 0 Å². The van der Waals surface area contributed by atoms with Crippen LogP contribution in [0.5, 0.6) is 0 Å². The van der Waals surface area contributed by atoms with E-state index in [1.807, 2.05) is 27.7 Å². The SMILES string of the molecule is CCC(CO)OC(CO)OC.CCC(CO)OC(OC)C(O)CO.CCC(OC(CO)OC)C(O)CO.CCC1OC(OC)C(O)C(O)C1O. The molecule has 1 aliphatic heterocycles. The molecule has 19 heteroatoms. The molecule has 0 spiro atoms. The molecule has 0 amide bonds. The molecule has 13 atom stereocenters. The van der Waals surface area contributed by atoms with E-state index in [4.69, 9.17) is 68.5 Å². The third-order valence-electron chi connectivity index (χ3n) is 7.19. The lowest BCUT2D eigenvalue weighted by atomic mass is 9.97. The summed E-state index contributed by atoms with van der Waals surface area (Å²) in [7, 11) is 5.60. The first-order valence-electron chi connectivity index (χ1n) is 16.6. The van der Waals surface area contributed by atoms with Crippen molar-refractivity contribution in [3.8, 4) is 0 Å². The standard InChI is InChI=1S/C8H16O5.2C8H18O5.C7H16O4/c1-3-4-5(9)6(10)7(11)8(12-2)13-4;1-3-7(6(11)4-9)13-8(5-10)12-2;1-3-6(4-9)13-8(12-2)7(11)5-10;1-3-6(4-8)11-7(5-9)10-2/h4-11H,3H2,1-2H3;2*6-11H,3-5H2,1-2H3;6-9H,3-5H2,1-2H3. The molecule has 0 aromatic heterocycles. The second-order valence-corrected chi connectivity index (χ2v) is 10.7. The lowest BCUT2D eigenvalue weighted by Crippen LogP contribution is -2.57. The van der Waals surface area contributed by atoms with Gasteiger partial charge in [0.2, 0.25) is 0 Å². The molecule has 13 unspecified atom stereocenters. The van der Waals surface area contributed by atoms with E-state index in [2.05, 4.69) is 0 Å². The number of hydrogen-bond donors (Lipinski definition) is 11. The van der Waals surface area contributed by atoms with E-state index in [0.29, 0.717) is 25.7 Å². The minimum absolute atomic E-state index is 0.0453. The van der Waals surface area contributed by atoms with Gasteiger partial charge in [0, 0.05) is 28.4 Å². The zero-order chi connectivity index (χ0) is 39.2. The number of methoxy groups -OCH3 is 4. The normalized spacial score (nSPS) is 25.1. The number of ether oxygens (including phenoxy) is 8. The van der Waals surface area contributed by atoms with Crippen LogP contribution in [0.15, 0.2) is 0 Å². The molecule has 1 rings (SSSR count). The molecular formula is C31H68O19. The molecule has 306 valence electrons. The van der Waals surface area contributed by atoms with Gasteiger partial charge in [0.15, 0.2) is 25.2 Å². The zero-order valence-electron chi connectivity index (χ0n) is 30.8. The molecule has 1 fully saturated rings. The molecule has 19 nitrogen and oxygen atoms in total. The first kappa shape index (κ1) is 53.6. The topological polar surface area (TPSA) is 296 Å². The first-order valence-corrected chi connectivity index (χ1v) is 16.6. The highest BCUT2D eigenvalue weighted by Gasteiger charge is 2.43. The molecule has 0 aromatic carbocycles. The van der Waals surface area contributed by atoms with Crippen LogP contribution in [0, 0.1) is 0 Å². The molecule has 1 aliphatic rings. The third kappa shape index (κ3) is 22.3. The van der Waals surface area contributed by atoms with Gasteiger partial charge in [-0.25, -0.2) is 0 Å². The van der Waals surface area contributed by atoms with Gasteiger partial charge in [-0.05, 0) is 25.7 Å². The molecule has 0 bridgehead atoms. The second-order valence-electron chi connectivity index (χ2n) is 10.7. The molecule has 50 heavy (non-hydrogen) atoms. The van der Waals surface area contributed by atoms with Crippen molar-refractivity contribution >= 4 is 0 Å². The fourth-order valence-electron chi connectivity index (χ4n) is 3.90. The predicted molar refractivity (Wildman–Crippen MR) is 176 cm³/mol. The van der Waals surface area contributed by atoms with Gasteiger partial charge >= 0.3 is 0 Å². The maximum atomic E-state index is 9.43. The fourth-order valence-corrected chi connectivity index (χ4v) is 3.90. The average Bonchev–Trinajstić information content (AvgIpc) is 3.15. The van der Waals surface area contributed by atoms with E-state index < -0.39 is 74.5 Å². The third-order valence-corrected chi connectivity index (χ3v) is 7.19. The van der Waals surface area contributed by atoms with Crippen molar-refractivity contribution < 1.29 is 94.1 Å². The Balaban J connectivity index is -0.000000591. The van der Waals surface area contributed by atoms with Crippen LogP contribution in [0.3, 0.4) is 0 Å². The summed E-state index contributed by atoms with van der Waals surface area (Å²) in [6.07, 6.45) is -7.75. The van der Waals surface area contributed by atoms with Gasteiger partial charge in [-0.1, -0.05) is 27.7 Å². The first-order chi connectivity index (χ1) is 23.8. The van der Waals surface area contributed by atoms with Crippen molar-refractivity contribution in [2.75, 3.05) is 68.1 Å². The van der Waals surface area contributed by atoms with Crippen LogP contribution in [-0.4, -0.2) is 204 Å². The zero-order valence-corrected chi connectivity index (χ0v) is 30.8. The van der Waals surface area contributed by atoms with Gasteiger partial charge in [0.05, 0.1) is 64.1 Å². The van der Waals surface area contributed by atoms with Gasteiger partial charge < -0.3 is 94.1 Å². The van der Waals surface area contributed by atoms with Gasteiger partial charge in [-0.2, -0.15) is 0 Å². The van der Waals surface area contributed by atoms with Crippen LogP contribution in [0.4, 0.5) is 0 Å². The largest absolute Gasteiger partial charge is 0.394 e. The Kier molecular flexibility index (Phi) is 36.5. The second kappa shape index (κ2) is 34.0. The van der Waals surface area contributed by atoms with E-state index in [9.17, 15) is 25.5 Å². The van der Waals surface area contributed by atoms with Crippen LogP contribution < -0.4 is 0 Å². The molecule has 11 N–H and O–H groups in total. The van der Waals surface area contributed by atoms with Crippen molar-refractivity contribution in [3.63, 3.8) is 0 Å². The fraction of sp³-hybridized carbons (Fsp3) is 1.00. The minimum atomic E-state index is -1.20. The summed E-state index contributed by atoms with van der Waals surface area (Å²) in [6.45, 7) is 5.95. The monoisotopic (exact) mass is 744 g/mol. The van der Waals surface area contributed by atoms with Crippen LogP contribution in [0.25, 0.3) is 0 Å². The van der Waals surface area contributed by atoms with Crippen molar-refractivity contribution in [3.05, 3.63) is 0 Å². The van der Waals surface area contributed by atoms with Crippen molar-refractivity contribution in [2.45, 2.75) is 133 Å². The van der Waals surface area contributed by atoms with Gasteiger partial charge in [-0.3, -0.25) is 0 Å². The van der Waals surface area contributed by atoms with Crippen LogP contribution in [0.2, 0.25) is 0 Å². The van der Waals surface area contributed by atoms with Crippen molar-refractivity contribution in [2.24, 2.45) is 0 Å². The van der Waals surface area contributed by atoms with E-state index in [1.54, 1.807) is 0 Å².